The lowest BCUT2D eigenvalue weighted by molar-refractivity contribution is 0.0304. The maximum Gasteiger partial charge on any atom is 0.132 e. The van der Waals surface area contributed by atoms with Crippen molar-refractivity contribution in [3.8, 4) is 0 Å². The molecule has 0 bridgehead atoms. The van der Waals surface area contributed by atoms with Crippen LogP contribution in [-0.2, 0) is 45.4 Å². The van der Waals surface area contributed by atoms with Crippen molar-refractivity contribution in [3.05, 3.63) is 89.5 Å². The Bertz CT molecular complexity index is 727. The lowest BCUT2D eigenvalue weighted by Gasteiger charge is -2.05. The van der Waals surface area contributed by atoms with Gasteiger partial charge in [0.2, 0.25) is 0 Å². The minimum absolute atomic E-state index is 0.425. The number of aromatic nitrogens is 2. The van der Waals surface area contributed by atoms with Crippen molar-refractivity contribution in [1.82, 2.24) is 9.97 Å². The molecule has 0 radical (unpaired) electrons. The Morgan fingerprint density at radius 1 is 0.586 bits per heavy atom. The monoisotopic (exact) mass is 396 g/mol. The maximum atomic E-state index is 5.61. The molecule has 0 aliphatic carbocycles. The zero-order valence-electron chi connectivity index (χ0n) is 16.6. The van der Waals surface area contributed by atoms with Crippen LogP contribution in [-0.4, -0.2) is 36.4 Å². The van der Waals surface area contributed by atoms with Gasteiger partial charge in [-0.2, -0.15) is 0 Å². The fraction of sp³-hybridized carbons (Fsp3) is 0.348. The van der Waals surface area contributed by atoms with Crippen LogP contribution in [0, 0.1) is 0 Å². The second kappa shape index (κ2) is 12.9. The molecule has 29 heavy (non-hydrogen) atoms. The average Bonchev–Trinajstić information content (AvgIpc) is 3.22. The van der Waals surface area contributed by atoms with Crippen LogP contribution in [0.4, 0.5) is 0 Å². The number of hydrogen-bond donors (Lipinski definition) is 1. The highest BCUT2D eigenvalue weighted by molar-refractivity contribution is 5.14. The summed E-state index contributed by atoms with van der Waals surface area (Å²) in [6.07, 6.45) is 1.77. The molecule has 6 heteroatoms. The lowest BCUT2D eigenvalue weighted by Crippen LogP contribution is -2.06. The summed E-state index contributed by atoms with van der Waals surface area (Å²) in [6, 6.07) is 20.2. The molecule has 154 valence electrons. The number of nitrogens with zero attached hydrogens (tertiary/aromatic N) is 1. The maximum absolute atomic E-state index is 5.61. The minimum Gasteiger partial charge on any atom is -0.374 e. The number of rotatable bonds is 14. The Labute approximate surface area is 171 Å². The summed E-state index contributed by atoms with van der Waals surface area (Å²) in [5.74, 6) is 0.784. The minimum atomic E-state index is 0.425. The van der Waals surface area contributed by atoms with Crippen molar-refractivity contribution < 1.29 is 18.9 Å². The van der Waals surface area contributed by atoms with Crippen LogP contribution < -0.4 is 0 Å². The van der Waals surface area contributed by atoms with E-state index in [4.69, 9.17) is 18.9 Å². The van der Waals surface area contributed by atoms with Gasteiger partial charge in [0, 0.05) is 0 Å². The Balaban J connectivity index is 1.19. The first-order valence-electron chi connectivity index (χ1n) is 9.82. The summed E-state index contributed by atoms with van der Waals surface area (Å²) in [4.78, 5) is 7.51. The second-order valence-electron chi connectivity index (χ2n) is 6.54. The van der Waals surface area contributed by atoms with Gasteiger partial charge in [-0.1, -0.05) is 60.7 Å². The van der Waals surface area contributed by atoms with E-state index in [0.29, 0.717) is 52.9 Å². The molecule has 0 atom stereocenters. The molecule has 0 aliphatic heterocycles. The fourth-order valence-corrected chi connectivity index (χ4v) is 2.67. The number of benzene rings is 2. The summed E-state index contributed by atoms with van der Waals surface area (Å²) in [5.41, 5.74) is 3.25. The first kappa shape index (κ1) is 21.2. The van der Waals surface area contributed by atoms with Crippen LogP contribution in [0.1, 0.15) is 22.6 Å². The van der Waals surface area contributed by atoms with Crippen molar-refractivity contribution >= 4 is 0 Å². The van der Waals surface area contributed by atoms with Crippen molar-refractivity contribution in [2.45, 2.75) is 26.4 Å². The molecule has 0 spiro atoms. The topological polar surface area (TPSA) is 65.6 Å². The molecule has 2 aromatic carbocycles. The summed E-state index contributed by atoms with van der Waals surface area (Å²) in [5, 5.41) is 0. The van der Waals surface area contributed by atoms with Crippen LogP contribution in [0.2, 0.25) is 0 Å². The Hall–Kier alpha value is -2.51. The summed E-state index contributed by atoms with van der Waals surface area (Å²) < 4.78 is 22.4. The van der Waals surface area contributed by atoms with Gasteiger partial charge in [-0.25, -0.2) is 4.98 Å². The number of imidazole rings is 1. The van der Waals surface area contributed by atoms with E-state index in [1.807, 2.05) is 60.7 Å². The number of aromatic amines is 1. The third-order valence-electron chi connectivity index (χ3n) is 4.14. The zero-order chi connectivity index (χ0) is 20.0. The van der Waals surface area contributed by atoms with E-state index in [2.05, 4.69) is 9.97 Å². The highest BCUT2D eigenvalue weighted by Gasteiger charge is 2.02. The van der Waals surface area contributed by atoms with E-state index >= 15 is 0 Å². The zero-order valence-corrected chi connectivity index (χ0v) is 16.6. The molecule has 0 fully saturated rings. The van der Waals surface area contributed by atoms with E-state index in [1.54, 1.807) is 6.20 Å². The molecule has 3 aromatic rings. The first-order chi connectivity index (χ1) is 14.4. The van der Waals surface area contributed by atoms with Gasteiger partial charge < -0.3 is 23.9 Å². The van der Waals surface area contributed by atoms with Crippen molar-refractivity contribution in [2.24, 2.45) is 0 Å². The smallest absolute Gasteiger partial charge is 0.132 e. The van der Waals surface area contributed by atoms with Crippen LogP contribution in [0.15, 0.2) is 66.9 Å². The fourth-order valence-electron chi connectivity index (χ4n) is 2.67. The van der Waals surface area contributed by atoms with Gasteiger partial charge in [-0.15, -0.1) is 0 Å². The predicted molar refractivity (Wildman–Crippen MR) is 110 cm³/mol. The second-order valence-corrected chi connectivity index (χ2v) is 6.54. The molecule has 3 rings (SSSR count). The van der Waals surface area contributed by atoms with Gasteiger partial charge in [-0.05, 0) is 11.1 Å². The van der Waals surface area contributed by atoms with Crippen molar-refractivity contribution in [3.63, 3.8) is 0 Å². The van der Waals surface area contributed by atoms with Crippen LogP contribution in [0.5, 0.6) is 0 Å². The molecule has 0 saturated carbocycles. The number of ether oxygens (including phenoxy) is 4. The van der Waals surface area contributed by atoms with Gasteiger partial charge in [0.05, 0.1) is 58.1 Å². The largest absolute Gasteiger partial charge is 0.374 e. The lowest BCUT2D eigenvalue weighted by atomic mass is 10.2. The molecule has 1 N–H and O–H groups in total. The molecular weight excluding hydrogens is 368 g/mol. The molecule has 1 aromatic heterocycles. The number of H-pyrrole nitrogens is 1. The van der Waals surface area contributed by atoms with E-state index in [-0.39, 0.29) is 0 Å². The Morgan fingerprint density at radius 3 is 1.62 bits per heavy atom. The van der Waals surface area contributed by atoms with Crippen LogP contribution >= 0.6 is 0 Å². The van der Waals surface area contributed by atoms with Gasteiger partial charge in [-0.3, -0.25) is 0 Å². The van der Waals surface area contributed by atoms with Gasteiger partial charge >= 0.3 is 0 Å². The molecule has 0 aliphatic rings. The molecule has 0 amide bonds. The summed E-state index contributed by atoms with van der Waals surface area (Å²) in [6.45, 7) is 4.27. The van der Waals surface area contributed by atoms with Crippen molar-refractivity contribution in [1.29, 1.82) is 0 Å². The van der Waals surface area contributed by atoms with E-state index in [0.717, 1.165) is 22.6 Å². The van der Waals surface area contributed by atoms with Crippen LogP contribution in [0.25, 0.3) is 0 Å². The highest BCUT2D eigenvalue weighted by atomic mass is 16.5. The number of nitrogens with one attached hydrogen (secondary N) is 1. The SMILES string of the molecule is c1ccc(COCCOCc2cnc(COCCOCc3ccccc3)[nH]2)cc1. The Morgan fingerprint density at radius 2 is 1.07 bits per heavy atom. The molecule has 1 heterocycles. The number of hydrogen-bond acceptors (Lipinski definition) is 5. The molecular formula is C23H28N2O4. The predicted octanol–water partition coefficient (Wildman–Crippen LogP) is 3.88. The first-order valence-corrected chi connectivity index (χ1v) is 9.82. The van der Waals surface area contributed by atoms with E-state index in [9.17, 15) is 0 Å². The average molecular weight is 396 g/mol. The van der Waals surface area contributed by atoms with Crippen LogP contribution in [0.3, 0.4) is 0 Å². The van der Waals surface area contributed by atoms with Gasteiger partial charge in [0.15, 0.2) is 0 Å². The van der Waals surface area contributed by atoms with E-state index in [1.165, 1.54) is 0 Å². The van der Waals surface area contributed by atoms with Crippen molar-refractivity contribution in [2.75, 3.05) is 26.4 Å². The summed E-state index contributed by atoms with van der Waals surface area (Å²) >= 11 is 0. The molecule has 6 nitrogen and oxygen atoms in total. The third-order valence-corrected chi connectivity index (χ3v) is 4.14. The van der Waals surface area contributed by atoms with Gasteiger partial charge in [0.1, 0.15) is 12.4 Å². The van der Waals surface area contributed by atoms with Gasteiger partial charge in [0.25, 0.3) is 0 Å². The highest BCUT2D eigenvalue weighted by Crippen LogP contribution is 2.03. The molecule has 0 saturated heterocycles. The quantitative estimate of drug-likeness (QED) is 0.419. The normalized spacial score (nSPS) is 11.0. The standard InChI is InChI=1S/C23H28N2O4/c1-3-7-20(8-4-1)16-26-11-13-28-18-22-15-24-23(25-22)19-29-14-12-27-17-21-9-5-2-6-10-21/h1-10,15H,11-14,16-19H2,(H,24,25). The van der Waals surface area contributed by atoms with E-state index < -0.39 is 0 Å². The Kier molecular flexibility index (Phi) is 9.40. The molecule has 0 unspecified atom stereocenters. The third kappa shape index (κ3) is 8.58. The summed E-state index contributed by atoms with van der Waals surface area (Å²) in [7, 11) is 0.